The van der Waals surface area contributed by atoms with Crippen molar-refractivity contribution in [3.8, 4) is 28.3 Å². The molecule has 22 heavy (non-hydrogen) atoms. The van der Waals surface area contributed by atoms with Gasteiger partial charge < -0.3 is 14.4 Å². The van der Waals surface area contributed by atoms with E-state index in [1.54, 1.807) is 7.11 Å². The summed E-state index contributed by atoms with van der Waals surface area (Å²) in [7, 11) is 1.61. The summed E-state index contributed by atoms with van der Waals surface area (Å²) in [6, 6.07) is 15.5. The van der Waals surface area contributed by atoms with Crippen molar-refractivity contribution in [3.05, 3.63) is 59.7 Å². The highest BCUT2D eigenvalue weighted by molar-refractivity contribution is 5.76. The van der Waals surface area contributed by atoms with Gasteiger partial charge in [0.2, 0.25) is 0 Å². The molecule has 0 saturated carbocycles. The molecule has 3 aromatic rings. The number of aromatic nitrogens is 1. The molecule has 0 atom stereocenters. The summed E-state index contributed by atoms with van der Waals surface area (Å²) in [4.78, 5) is 0. The zero-order valence-electron chi connectivity index (χ0n) is 12.5. The molecule has 112 valence electrons. The molecule has 0 saturated heterocycles. The Morgan fingerprint density at radius 2 is 1.82 bits per heavy atom. The molecule has 4 heteroatoms. The number of rotatable bonds is 4. The number of aliphatic hydroxyl groups excluding tert-OH is 1. The SMILES string of the molecule is COc1ccccc1-c1noc(-c2ccc(C)cc2)c1CO. The Morgan fingerprint density at radius 1 is 1.09 bits per heavy atom. The maximum Gasteiger partial charge on any atom is 0.173 e. The molecule has 0 aliphatic heterocycles. The first-order valence-corrected chi connectivity index (χ1v) is 7.04. The highest BCUT2D eigenvalue weighted by Crippen LogP contribution is 2.36. The molecule has 0 unspecified atom stereocenters. The molecule has 2 aromatic carbocycles. The van der Waals surface area contributed by atoms with Crippen LogP contribution >= 0.6 is 0 Å². The second-order valence-corrected chi connectivity index (χ2v) is 5.06. The number of methoxy groups -OCH3 is 1. The van der Waals surface area contributed by atoms with Crippen molar-refractivity contribution >= 4 is 0 Å². The first-order valence-electron chi connectivity index (χ1n) is 7.04. The van der Waals surface area contributed by atoms with Crippen molar-refractivity contribution in [2.24, 2.45) is 0 Å². The van der Waals surface area contributed by atoms with Crippen LogP contribution in [0.2, 0.25) is 0 Å². The third-order valence-electron chi connectivity index (χ3n) is 3.62. The highest BCUT2D eigenvalue weighted by Gasteiger charge is 2.20. The van der Waals surface area contributed by atoms with Crippen LogP contribution in [0.15, 0.2) is 53.1 Å². The molecule has 3 rings (SSSR count). The molecule has 4 nitrogen and oxygen atoms in total. The van der Waals surface area contributed by atoms with Gasteiger partial charge in [0.15, 0.2) is 5.76 Å². The predicted molar refractivity (Wildman–Crippen MR) is 84.6 cm³/mol. The lowest BCUT2D eigenvalue weighted by molar-refractivity contribution is 0.281. The van der Waals surface area contributed by atoms with Gasteiger partial charge in [0.25, 0.3) is 0 Å². The molecule has 0 aliphatic rings. The zero-order valence-corrected chi connectivity index (χ0v) is 12.5. The summed E-state index contributed by atoms with van der Waals surface area (Å²) in [5.74, 6) is 1.28. The predicted octanol–water partition coefficient (Wildman–Crippen LogP) is 3.82. The molecule has 0 aliphatic carbocycles. The average Bonchev–Trinajstić information content (AvgIpc) is 2.99. The van der Waals surface area contributed by atoms with Crippen LogP contribution in [-0.2, 0) is 6.61 Å². The van der Waals surface area contributed by atoms with E-state index in [0.717, 1.165) is 11.1 Å². The normalized spacial score (nSPS) is 10.7. The summed E-state index contributed by atoms with van der Waals surface area (Å²) in [6.45, 7) is 1.87. The molecular formula is C18H17NO3. The lowest BCUT2D eigenvalue weighted by Gasteiger charge is -2.06. The van der Waals surface area contributed by atoms with E-state index in [1.165, 1.54) is 5.56 Å². The number of para-hydroxylation sites is 1. The van der Waals surface area contributed by atoms with Gasteiger partial charge in [-0.15, -0.1) is 0 Å². The maximum atomic E-state index is 9.79. The van der Waals surface area contributed by atoms with Crippen LogP contribution in [-0.4, -0.2) is 17.4 Å². The molecular weight excluding hydrogens is 278 g/mol. The number of hydrogen-bond donors (Lipinski definition) is 1. The summed E-state index contributed by atoms with van der Waals surface area (Å²) in [5, 5.41) is 13.9. The van der Waals surface area contributed by atoms with Crippen LogP contribution in [0, 0.1) is 6.92 Å². The van der Waals surface area contributed by atoms with Crippen molar-refractivity contribution in [1.82, 2.24) is 5.16 Å². The summed E-state index contributed by atoms with van der Waals surface area (Å²) >= 11 is 0. The minimum absolute atomic E-state index is 0.153. The van der Waals surface area contributed by atoms with Gasteiger partial charge in [0, 0.05) is 11.1 Å². The Morgan fingerprint density at radius 3 is 2.50 bits per heavy atom. The van der Waals surface area contributed by atoms with Crippen LogP contribution in [0.5, 0.6) is 5.75 Å². The van der Waals surface area contributed by atoms with Crippen molar-refractivity contribution in [2.75, 3.05) is 7.11 Å². The summed E-state index contributed by atoms with van der Waals surface area (Å²) in [5.41, 5.74) is 4.13. The van der Waals surface area contributed by atoms with Crippen LogP contribution in [0.4, 0.5) is 0 Å². The van der Waals surface area contributed by atoms with Gasteiger partial charge in [0.05, 0.1) is 19.3 Å². The van der Waals surface area contributed by atoms with Gasteiger partial charge in [0.1, 0.15) is 11.4 Å². The van der Waals surface area contributed by atoms with E-state index < -0.39 is 0 Å². The van der Waals surface area contributed by atoms with Gasteiger partial charge in [-0.25, -0.2) is 0 Å². The quantitative estimate of drug-likeness (QED) is 0.795. The van der Waals surface area contributed by atoms with E-state index in [1.807, 2.05) is 55.5 Å². The van der Waals surface area contributed by atoms with E-state index in [9.17, 15) is 5.11 Å². The number of benzene rings is 2. The van der Waals surface area contributed by atoms with Crippen LogP contribution in [0.1, 0.15) is 11.1 Å². The Balaban J connectivity index is 2.13. The second-order valence-electron chi connectivity index (χ2n) is 5.06. The van der Waals surface area contributed by atoms with E-state index in [2.05, 4.69) is 5.16 Å². The molecule has 1 N–H and O–H groups in total. The number of hydrogen-bond acceptors (Lipinski definition) is 4. The van der Waals surface area contributed by atoms with Gasteiger partial charge >= 0.3 is 0 Å². The minimum atomic E-state index is -0.153. The first-order chi connectivity index (χ1) is 10.7. The minimum Gasteiger partial charge on any atom is -0.496 e. The molecule has 0 radical (unpaired) electrons. The standard InChI is InChI=1S/C18H17NO3/c1-12-7-9-13(10-8-12)18-15(11-20)17(19-22-18)14-5-3-4-6-16(14)21-2/h3-10,20H,11H2,1-2H3. The van der Waals surface area contributed by atoms with Crippen molar-refractivity contribution in [3.63, 3.8) is 0 Å². The molecule has 0 fully saturated rings. The van der Waals surface area contributed by atoms with Crippen LogP contribution in [0.3, 0.4) is 0 Å². The van der Waals surface area contributed by atoms with Gasteiger partial charge in [-0.05, 0) is 19.1 Å². The Kier molecular flexibility index (Phi) is 3.94. The molecule has 1 heterocycles. The van der Waals surface area contributed by atoms with Gasteiger partial charge in [-0.1, -0.05) is 47.1 Å². The van der Waals surface area contributed by atoms with E-state index in [0.29, 0.717) is 22.8 Å². The first kappa shape index (κ1) is 14.4. The van der Waals surface area contributed by atoms with Gasteiger partial charge in [-0.2, -0.15) is 0 Å². The van der Waals surface area contributed by atoms with Crippen LogP contribution < -0.4 is 4.74 Å². The second kappa shape index (κ2) is 6.03. The van der Waals surface area contributed by atoms with Crippen molar-refractivity contribution < 1.29 is 14.4 Å². The number of aryl methyl sites for hydroxylation is 1. The average molecular weight is 295 g/mol. The Hall–Kier alpha value is -2.59. The summed E-state index contributed by atoms with van der Waals surface area (Å²) in [6.07, 6.45) is 0. The van der Waals surface area contributed by atoms with E-state index in [-0.39, 0.29) is 6.61 Å². The fourth-order valence-corrected chi connectivity index (χ4v) is 2.44. The largest absolute Gasteiger partial charge is 0.496 e. The Labute approximate surface area is 129 Å². The zero-order chi connectivity index (χ0) is 15.5. The highest BCUT2D eigenvalue weighted by atomic mass is 16.5. The number of aliphatic hydroxyl groups is 1. The maximum absolute atomic E-state index is 9.79. The van der Waals surface area contributed by atoms with E-state index >= 15 is 0 Å². The third kappa shape index (κ3) is 2.49. The Bertz CT molecular complexity index is 775. The number of nitrogens with zero attached hydrogens (tertiary/aromatic N) is 1. The lowest BCUT2D eigenvalue weighted by Crippen LogP contribution is -1.92. The monoisotopic (exact) mass is 295 g/mol. The van der Waals surface area contributed by atoms with E-state index in [4.69, 9.17) is 9.26 Å². The third-order valence-corrected chi connectivity index (χ3v) is 3.62. The molecule has 0 bridgehead atoms. The van der Waals surface area contributed by atoms with Crippen molar-refractivity contribution in [2.45, 2.75) is 13.5 Å². The number of ether oxygens (including phenoxy) is 1. The molecule has 0 spiro atoms. The smallest absolute Gasteiger partial charge is 0.173 e. The fourth-order valence-electron chi connectivity index (χ4n) is 2.44. The van der Waals surface area contributed by atoms with Crippen LogP contribution in [0.25, 0.3) is 22.6 Å². The lowest BCUT2D eigenvalue weighted by atomic mass is 10.0. The fraction of sp³-hybridized carbons (Fsp3) is 0.167. The topological polar surface area (TPSA) is 55.5 Å². The summed E-state index contributed by atoms with van der Waals surface area (Å²) < 4.78 is 10.9. The molecule has 1 aromatic heterocycles. The van der Waals surface area contributed by atoms with Gasteiger partial charge in [-0.3, -0.25) is 0 Å². The molecule has 0 amide bonds. The van der Waals surface area contributed by atoms with Crippen molar-refractivity contribution in [1.29, 1.82) is 0 Å².